The van der Waals surface area contributed by atoms with Crippen LogP contribution in [0.4, 0.5) is 18.9 Å². The summed E-state index contributed by atoms with van der Waals surface area (Å²) in [6, 6.07) is 7.53. The van der Waals surface area contributed by atoms with Crippen LogP contribution < -0.4 is 16.0 Å². The van der Waals surface area contributed by atoms with Crippen LogP contribution in [0, 0.1) is 5.92 Å². The lowest BCUT2D eigenvalue weighted by atomic mass is 9.85. The van der Waals surface area contributed by atoms with Crippen LogP contribution in [-0.2, 0) is 11.3 Å². The van der Waals surface area contributed by atoms with Crippen molar-refractivity contribution < 1.29 is 18.0 Å². The van der Waals surface area contributed by atoms with Gasteiger partial charge in [0.05, 0.1) is 6.54 Å². The first kappa shape index (κ1) is 21.4. The summed E-state index contributed by atoms with van der Waals surface area (Å²) in [4.78, 5) is 17.7. The van der Waals surface area contributed by atoms with Gasteiger partial charge in [-0.2, -0.15) is 13.2 Å². The maximum Gasteiger partial charge on any atom is 0.401 e. The van der Waals surface area contributed by atoms with Gasteiger partial charge in [0, 0.05) is 44.3 Å². The molecule has 3 N–H and O–H groups in total. The van der Waals surface area contributed by atoms with Gasteiger partial charge in [0.25, 0.3) is 0 Å². The second-order valence-electron chi connectivity index (χ2n) is 7.72. The molecule has 1 amide bonds. The molecule has 2 aliphatic rings. The molecule has 0 aromatic heterocycles. The van der Waals surface area contributed by atoms with E-state index in [-0.39, 0.29) is 17.9 Å². The zero-order chi connectivity index (χ0) is 20.9. The van der Waals surface area contributed by atoms with E-state index < -0.39 is 12.7 Å². The van der Waals surface area contributed by atoms with Crippen LogP contribution in [0.2, 0.25) is 0 Å². The average molecular weight is 411 g/mol. The zero-order valence-electron chi connectivity index (χ0n) is 16.6. The Bertz CT molecular complexity index is 733. The Hall–Kier alpha value is -2.29. The maximum atomic E-state index is 12.5. The second kappa shape index (κ2) is 9.47. The van der Waals surface area contributed by atoms with E-state index in [1.54, 1.807) is 7.05 Å². The summed E-state index contributed by atoms with van der Waals surface area (Å²) in [7, 11) is 1.63. The summed E-state index contributed by atoms with van der Waals surface area (Å²) in [6.07, 6.45) is -0.510. The highest BCUT2D eigenvalue weighted by atomic mass is 19.4. The Morgan fingerprint density at radius 3 is 2.72 bits per heavy atom. The van der Waals surface area contributed by atoms with Crippen LogP contribution in [-0.4, -0.2) is 55.7 Å². The number of alkyl halides is 3. The first-order valence-electron chi connectivity index (χ1n) is 9.98. The largest absolute Gasteiger partial charge is 0.401 e. The van der Waals surface area contributed by atoms with Crippen molar-refractivity contribution in [3.05, 3.63) is 29.8 Å². The molecule has 1 aliphatic heterocycles. The number of benzene rings is 1. The van der Waals surface area contributed by atoms with Gasteiger partial charge in [-0.1, -0.05) is 18.6 Å². The molecule has 1 atom stereocenters. The minimum atomic E-state index is -4.17. The Morgan fingerprint density at radius 2 is 2.07 bits per heavy atom. The van der Waals surface area contributed by atoms with Crippen LogP contribution in [0.15, 0.2) is 29.3 Å². The second-order valence-corrected chi connectivity index (χ2v) is 7.72. The van der Waals surface area contributed by atoms with E-state index in [1.165, 1.54) is 4.90 Å². The van der Waals surface area contributed by atoms with Crippen LogP contribution in [0.5, 0.6) is 0 Å². The van der Waals surface area contributed by atoms with Gasteiger partial charge in [-0.25, -0.2) is 0 Å². The molecule has 3 rings (SSSR count). The fourth-order valence-electron chi connectivity index (χ4n) is 3.60. The number of anilines is 1. The molecule has 1 aromatic carbocycles. The Labute approximate surface area is 168 Å². The van der Waals surface area contributed by atoms with Crippen molar-refractivity contribution in [1.29, 1.82) is 0 Å². The van der Waals surface area contributed by atoms with Gasteiger partial charge in [-0.05, 0) is 37.0 Å². The van der Waals surface area contributed by atoms with E-state index in [4.69, 9.17) is 0 Å². The third-order valence-electron chi connectivity index (χ3n) is 5.37. The summed E-state index contributed by atoms with van der Waals surface area (Å²) in [6.45, 7) is 0.363. The lowest BCUT2D eigenvalue weighted by Crippen LogP contribution is -2.44. The van der Waals surface area contributed by atoms with Crippen LogP contribution in [0.3, 0.4) is 0 Å². The lowest BCUT2D eigenvalue weighted by molar-refractivity contribution is -0.143. The van der Waals surface area contributed by atoms with E-state index in [0.717, 1.165) is 30.5 Å². The Balaban J connectivity index is 1.46. The SMILES string of the molecule is CN=C(NCc1cccc(NC(=O)C2CCC2)c1)NC1CCN(CC(F)(F)F)C1. The van der Waals surface area contributed by atoms with Crippen molar-refractivity contribution in [3.8, 4) is 0 Å². The standard InChI is InChI=1S/C20H28F3N5O/c1-24-19(27-17-8-9-28(12-17)13-20(21,22)23)25-11-14-4-2-7-16(10-14)26-18(29)15-5-3-6-15/h2,4,7,10,15,17H,3,5-6,8-9,11-13H2,1H3,(H,26,29)(H2,24,25,27). The number of nitrogens with zero attached hydrogens (tertiary/aromatic N) is 2. The molecule has 29 heavy (non-hydrogen) atoms. The zero-order valence-corrected chi connectivity index (χ0v) is 16.6. The van der Waals surface area contributed by atoms with E-state index >= 15 is 0 Å². The summed E-state index contributed by atoms with van der Waals surface area (Å²) < 4.78 is 37.6. The molecular weight excluding hydrogens is 383 g/mol. The fourth-order valence-corrected chi connectivity index (χ4v) is 3.60. The van der Waals surface area contributed by atoms with Crippen LogP contribution in [0.1, 0.15) is 31.2 Å². The Morgan fingerprint density at radius 1 is 1.28 bits per heavy atom. The summed E-state index contributed by atoms with van der Waals surface area (Å²) >= 11 is 0. The molecule has 0 radical (unpaired) electrons. The number of rotatable bonds is 6. The molecule has 1 unspecified atom stereocenters. The smallest absolute Gasteiger partial charge is 0.352 e. The minimum absolute atomic E-state index is 0.0725. The number of likely N-dealkylation sites (tertiary alicyclic amines) is 1. The summed E-state index contributed by atoms with van der Waals surface area (Å²) in [5.74, 6) is 0.749. The highest BCUT2D eigenvalue weighted by molar-refractivity contribution is 5.93. The van der Waals surface area contributed by atoms with E-state index in [2.05, 4.69) is 20.9 Å². The lowest BCUT2D eigenvalue weighted by Gasteiger charge is -2.24. The molecule has 0 spiro atoms. The number of carbonyl (C=O) groups is 1. The predicted octanol–water partition coefficient (Wildman–Crippen LogP) is 2.73. The van der Waals surface area contributed by atoms with Crippen LogP contribution in [0.25, 0.3) is 0 Å². The Kier molecular flexibility index (Phi) is 7.00. The molecule has 2 fully saturated rings. The van der Waals surface area contributed by atoms with Gasteiger partial charge in [-0.15, -0.1) is 0 Å². The van der Waals surface area contributed by atoms with Crippen molar-refractivity contribution >= 4 is 17.6 Å². The van der Waals surface area contributed by atoms with E-state index in [1.807, 2.05) is 24.3 Å². The molecule has 1 aromatic rings. The number of guanidine groups is 1. The fraction of sp³-hybridized carbons (Fsp3) is 0.600. The first-order chi connectivity index (χ1) is 13.8. The molecule has 1 saturated heterocycles. The summed E-state index contributed by atoms with van der Waals surface area (Å²) in [5, 5.41) is 9.33. The number of hydrogen-bond donors (Lipinski definition) is 3. The van der Waals surface area contributed by atoms with Gasteiger partial charge in [-0.3, -0.25) is 14.7 Å². The van der Waals surface area contributed by atoms with Gasteiger partial charge < -0.3 is 16.0 Å². The quantitative estimate of drug-likeness (QED) is 0.497. The van der Waals surface area contributed by atoms with Gasteiger partial charge in [0.2, 0.25) is 5.91 Å². The molecule has 6 nitrogen and oxygen atoms in total. The molecule has 1 saturated carbocycles. The number of carbonyl (C=O) groups excluding carboxylic acids is 1. The van der Waals surface area contributed by atoms with Gasteiger partial charge >= 0.3 is 6.18 Å². The molecule has 1 aliphatic carbocycles. The van der Waals surface area contributed by atoms with E-state index in [9.17, 15) is 18.0 Å². The topological polar surface area (TPSA) is 68.8 Å². The number of amides is 1. The number of aliphatic imine (C=N–C) groups is 1. The molecular formula is C20H28F3N5O. The monoisotopic (exact) mass is 411 g/mol. The van der Waals surface area contributed by atoms with Crippen molar-refractivity contribution in [3.63, 3.8) is 0 Å². The maximum absolute atomic E-state index is 12.5. The number of hydrogen-bond acceptors (Lipinski definition) is 3. The van der Waals surface area contributed by atoms with Gasteiger partial charge in [0.1, 0.15) is 0 Å². The number of nitrogens with one attached hydrogen (secondary N) is 3. The third-order valence-corrected chi connectivity index (χ3v) is 5.37. The van der Waals surface area contributed by atoms with Gasteiger partial charge in [0.15, 0.2) is 5.96 Å². The molecule has 1 heterocycles. The molecule has 9 heteroatoms. The first-order valence-corrected chi connectivity index (χ1v) is 9.98. The van der Waals surface area contributed by atoms with E-state index in [0.29, 0.717) is 32.0 Å². The summed E-state index contributed by atoms with van der Waals surface area (Å²) in [5.41, 5.74) is 1.74. The third kappa shape index (κ3) is 6.62. The number of halogens is 3. The van der Waals surface area contributed by atoms with Crippen molar-refractivity contribution in [2.75, 3.05) is 32.0 Å². The van der Waals surface area contributed by atoms with Crippen molar-refractivity contribution in [1.82, 2.24) is 15.5 Å². The van der Waals surface area contributed by atoms with Crippen molar-refractivity contribution in [2.45, 2.75) is 44.4 Å². The van der Waals surface area contributed by atoms with Crippen LogP contribution >= 0.6 is 0 Å². The highest BCUT2D eigenvalue weighted by Crippen LogP contribution is 2.27. The molecule has 160 valence electrons. The highest BCUT2D eigenvalue weighted by Gasteiger charge is 2.34. The normalized spacial score (nSPS) is 21.0. The van der Waals surface area contributed by atoms with Crippen molar-refractivity contribution in [2.24, 2.45) is 10.9 Å². The average Bonchev–Trinajstić information content (AvgIpc) is 3.02. The predicted molar refractivity (Wildman–Crippen MR) is 107 cm³/mol. The minimum Gasteiger partial charge on any atom is -0.352 e. The molecule has 0 bridgehead atoms.